The lowest BCUT2D eigenvalue weighted by Gasteiger charge is -2.12. The molecule has 0 aromatic carbocycles. The van der Waals surface area contributed by atoms with Gasteiger partial charge in [0.1, 0.15) is 6.10 Å². The van der Waals surface area contributed by atoms with Crippen LogP contribution in [0.1, 0.15) is 18.5 Å². The van der Waals surface area contributed by atoms with E-state index in [1.165, 1.54) is 0 Å². The largest absolute Gasteiger partial charge is 0.364 e. The summed E-state index contributed by atoms with van der Waals surface area (Å²) in [5.74, 6) is -0.105. The number of aryl methyl sites for hydroxylation is 1. The van der Waals surface area contributed by atoms with Crippen LogP contribution >= 0.6 is 24.8 Å². The zero-order chi connectivity index (χ0) is 12.3. The molecule has 2 rings (SSSR count). The van der Waals surface area contributed by atoms with Crippen molar-refractivity contribution < 1.29 is 9.53 Å². The van der Waals surface area contributed by atoms with Gasteiger partial charge in [0.05, 0.1) is 6.10 Å². The van der Waals surface area contributed by atoms with Gasteiger partial charge in [-0.1, -0.05) is 0 Å². The molecule has 0 unspecified atom stereocenters. The average Bonchev–Trinajstić information content (AvgIpc) is 2.77. The standard InChI is InChI=1S/C12H17N3O2.2ClH/c1-8-6-9(4-5-14-8)15-12(16)11-3-2-10(7-13)17-11;;/h4-6,10-11H,2-3,7,13H2,1H3,(H,14,15,16);2*1H/t10-,11+;;/m1../s1. The van der Waals surface area contributed by atoms with E-state index in [9.17, 15) is 4.79 Å². The second-order valence-electron chi connectivity index (χ2n) is 4.23. The molecule has 1 aliphatic rings. The van der Waals surface area contributed by atoms with E-state index in [1.807, 2.05) is 13.0 Å². The first-order valence-corrected chi connectivity index (χ1v) is 5.78. The maximum Gasteiger partial charge on any atom is 0.253 e. The molecule has 19 heavy (non-hydrogen) atoms. The van der Waals surface area contributed by atoms with Crippen molar-refractivity contribution in [1.29, 1.82) is 0 Å². The smallest absolute Gasteiger partial charge is 0.253 e. The topological polar surface area (TPSA) is 77.2 Å². The highest BCUT2D eigenvalue weighted by Crippen LogP contribution is 2.20. The summed E-state index contributed by atoms with van der Waals surface area (Å²) in [6, 6.07) is 3.59. The van der Waals surface area contributed by atoms with Gasteiger partial charge in [-0.05, 0) is 31.9 Å². The zero-order valence-electron chi connectivity index (χ0n) is 10.7. The van der Waals surface area contributed by atoms with Crippen molar-refractivity contribution in [2.75, 3.05) is 11.9 Å². The molecule has 0 bridgehead atoms. The Morgan fingerprint density at radius 1 is 1.53 bits per heavy atom. The summed E-state index contributed by atoms with van der Waals surface area (Å²) in [5.41, 5.74) is 7.13. The van der Waals surface area contributed by atoms with Crippen LogP contribution in [0.25, 0.3) is 0 Å². The predicted octanol–water partition coefficient (Wildman–Crippen LogP) is 1.68. The van der Waals surface area contributed by atoms with Crippen LogP contribution in [0.3, 0.4) is 0 Å². The Bertz CT molecular complexity index is 418. The summed E-state index contributed by atoms with van der Waals surface area (Å²) in [4.78, 5) is 16.0. The lowest BCUT2D eigenvalue weighted by atomic mass is 10.2. The van der Waals surface area contributed by atoms with Crippen molar-refractivity contribution in [2.24, 2.45) is 5.73 Å². The molecule has 1 aromatic heterocycles. The van der Waals surface area contributed by atoms with Gasteiger partial charge >= 0.3 is 0 Å². The molecule has 5 nitrogen and oxygen atoms in total. The minimum Gasteiger partial charge on any atom is -0.364 e. The van der Waals surface area contributed by atoms with Gasteiger partial charge in [0.15, 0.2) is 0 Å². The minimum atomic E-state index is -0.378. The number of nitrogens with two attached hydrogens (primary N) is 1. The first-order valence-electron chi connectivity index (χ1n) is 5.78. The Kier molecular flexibility index (Phi) is 7.94. The summed E-state index contributed by atoms with van der Waals surface area (Å²) < 4.78 is 5.52. The van der Waals surface area contributed by atoms with E-state index in [0.29, 0.717) is 6.54 Å². The summed E-state index contributed by atoms with van der Waals surface area (Å²) in [5, 5.41) is 2.82. The Hall–Kier alpha value is -0.880. The summed E-state index contributed by atoms with van der Waals surface area (Å²) in [6.45, 7) is 2.35. The quantitative estimate of drug-likeness (QED) is 0.890. The molecule has 1 aliphatic heterocycles. The molecule has 1 saturated heterocycles. The van der Waals surface area contributed by atoms with Gasteiger partial charge < -0.3 is 15.8 Å². The molecular weight excluding hydrogens is 289 g/mol. The van der Waals surface area contributed by atoms with E-state index in [4.69, 9.17) is 10.5 Å². The highest BCUT2D eigenvalue weighted by Gasteiger charge is 2.29. The zero-order valence-corrected chi connectivity index (χ0v) is 12.3. The van der Waals surface area contributed by atoms with Crippen LogP contribution in [0.5, 0.6) is 0 Å². The van der Waals surface area contributed by atoms with Crippen LogP contribution in [-0.2, 0) is 9.53 Å². The fourth-order valence-electron chi connectivity index (χ4n) is 1.92. The van der Waals surface area contributed by atoms with E-state index >= 15 is 0 Å². The third kappa shape index (κ3) is 4.95. The monoisotopic (exact) mass is 307 g/mol. The molecule has 0 radical (unpaired) electrons. The lowest BCUT2D eigenvalue weighted by Crippen LogP contribution is -2.29. The molecule has 1 fully saturated rings. The number of carbonyl (C=O) groups excluding carboxylic acids is 1. The van der Waals surface area contributed by atoms with Crippen molar-refractivity contribution in [3.05, 3.63) is 24.0 Å². The Morgan fingerprint density at radius 3 is 2.84 bits per heavy atom. The van der Waals surface area contributed by atoms with Crippen LogP contribution in [0.2, 0.25) is 0 Å². The molecule has 1 aromatic rings. The molecule has 2 heterocycles. The number of aromatic nitrogens is 1. The number of hydrogen-bond donors (Lipinski definition) is 2. The molecular formula is C12H19Cl2N3O2. The fraction of sp³-hybridized carbons (Fsp3) is 0.500. The van der Waals surface area contributed by atoms with Crippen molar-refractivity contribution in [2.45, 2.75) is 32.0 Å². The number of amides is 1. The van der Waals surface area contributed by atoms with Crippen LogP contribution < -0.4 is 11.1 Å². The molecule has 0 spiro atoms. The van der Waals surface area contributed by atoms with E-state index in [2.05, 4.69) is 10.3 Å². The van der Waals surface area contributed by atoms with Gasteiger partial charge in [-0.15, -0.1) is 24.8 Å². The molecule has 7 heteroatoms. The number of hydrogen-bond acceptors (Lipinski definition) is 4. The summed E-state index contributed by atoms with van der Waals surface area (Å²) >= 11 is 0. The first-order chi connectivity index (χ1) is 8.19. The number of nitrogens with zero attached hydrogens (tertiary/aromatic N) is 1. The van der Waals surface area contributed by atoms with Crippen LogP contribution in [0.4, 0.5) is 5.69 Å². The molecule has 108 valence electrons. The number of nitrogens with one attached hydrogen (secondary N) is 1. The van der Waals surface area contributed by atoms with Crippen LogP contribution in [0.15, 0.2) is 18.3 Å². The highest BCUT2D eigenvalue weighted by atomic mass is 35.5. The van der Waals surface area contributed by atoms with Crippen LogP contribution in [-0.4, -0.2) is 29.6 Å². The number of rotatable bonds is 3. The van der Waals surface area contributed by atoms with Gasteiger partial charge in [0, 0.05) is 24.1 Å². The minimum absolute atomic E-state index is 0. The van der Waals surface area contributed by atoms with Crippen molar-refractivity contribution in [1.82, 2.24) is 4.98 Å². The first kappa shape index (κ1) is 18.1. The third-order valence-electron chi connectivity index (χ3n) is 2.83. The highest BCUT2D eigenvalue weighted by molar-refractivity contribution is 5.94. The molecule has 0 saturated carbocycles. The normalized spacial score (nSPS) is 21.2. The number of pyridine rings is 1. The van der Waals surface area contributed by atoms with Crippen LogP contribution in [0, 0.1) is 6.92 Å². The number of halogens is 2. The van der Waals surface area contributed by atoms with Crippen molar-refractivity contribution in [3.8, 4) is 0 Å². The Labute approximate surface area is 125 Å². The van der Waals surface area contributed by atoms with Gasteiger partial charge in [-0.3, -0.25) is 9.78 Å². The van der Waals surface area contributed by atoms with Crippen molar-refractivity contribution >= 4 is 36.4 Å². The van der Waals surface area contributed by atoms with E-state index in [0.717, 1.165) is 24.2 Å². The number of anilines is 1. The molecule has 3 N–H and O–H groups in total. The molecule has 1 amide bonds. The molecule has 2 atom stereocenters. The predicted molar refractivity (Wildman–Crippen MR) is 79.0 cm³/mol. The second kappa shape index (κ2) is 8.32. The van der Waals surface area contributed by atoms with E-state index < -0.39 is 0 Å². The number of carbonyl (C=O) groups is 1. The van der Waals surface area contributed by atoms with E-state index in [1.54, 1.807) is 12.3 Å². The SMILES string of the molecule is Cc1cc(NC(=O)[C@@H]2CC[C@H](CN)O2)ccn1.Cl.Cl. The maximum atomic E-state index is 11.9. The van der Waals surface area contributed by atoms with Gasteiger partial charge in [0.25, 0.3) is 5.91 Å². The second-order valence-corrected chi connectivity index (χ2v) is 4.23. The average molecular weight is 308 g/mol. The van der Waals surface area contributed by atoms with Gasteiger partial charge in [0.2, 0.25) is 0 Å². The fourth-order valence-corrected chi connectivity index (χ4v) is 1.92. The maximum absolute atomic E-state index is 11.9. The molecule has 0 aliphatic carbocycles. The third-order valence-corrected chi connectivity index (χ3v) is 2.83. The summed E-state index contributed by atoms with van der Waals surface area (Å²) in [6.07, 6.45) is 2.90. The van der Waals surface area contributed by atoms with Crippen molar-refractivity contribution in [3.63, 3.8) is 0 Å². The van der Waals surface area contributed by atoms with Gasteiger partial charge in [-0.2, -0.15) is 0 Å². The number of ether oxygens (including phenoxy) is 1. The summed E-state index contributed by atoms with van der Waals surface area (Å²) in [7, 11) is 0. The van der Waals surface area contributed by atoms with Gasteiger partial charge in [-0.25, -0.2) is 0 Å². The van der Waals surface area contributed by atoms with E-state index in [-0.39, 0.29) is 42.9 Å². The Morgan fingerprint density at radius 2 is 2.26 bits per heavy atom. The lowest BCUT2D eigenvalue weighted by molar-refractivity contribution is -0.126. The Balaban J connectivity index is 0.00000162.